The van der Waals surface area contributed by atoms with E-state index in [4.69, 9.17) is 0 Å². The second kappa shape index (κ2) is 7.32. The first-order chi connectivity index (χ1) is 11.1. The summed E-state index contributed by atoms with van der Waals surface area (Å²) >= 11 is 0. The Hall–Kier alpha value is -1.59. The number of likely N-dealkylation sites (tertiary alicyclic amines) is 1. The molecule has 3 N–H and O–H groups in total. The monoisotopic (exact) mass is 318 g/mol. The Morgan fingerprint density at radius 3 is 2.39 bits per heavy atom. The van der Waals surface area contributed by atoms with Gasteiger partial charge in [-0.15, -0.1) is 0 Å². The predicted octanol–water partition coefficient (Wildman–Crippen LogP) is 1.81. The van der Waals surface area contributed by atoms with Crippen molar-refractivity contribution in [2.75, 3.05) is 19.6 Å². The number of aliphatic hydroxyl groups is 1. The molecule has 0 aromatic heterocycles. The summed E-state index contributed by atoms with van der Waals surface area (Å²) in [6, 6.07) is 7.00. The number of amides is 1. The normalized spacial score (nSPS) is 21.0. The van der Waals surface area contributed by atoms with Crippen LogP contribution in [0, 0.1) is 5.92 Å². The topological polar surface area (TPSA) is 72.8 Å². The van der Waals surface area contributed by atoms with E-state index in [-0.39, 0.29) is 11.7 Å². The number of phenolic OH excluding ortho intramolecular Hbond substituents is 1. The van der Waals surface area contributed by atoms with Gasteiger partial charge in [0.15, 0.2) is 0 Å². The number of rotatable bonds is 5. The van der Waals surface area contributed by atoms with Crippen LogP contribution in [-0.2, 0) is 4.79 Å². The van der Waals surface area contributed by atoms with Crippen molar-refractivity contribution in [1.29, 1.82) is 0 Å². The highest BCUT2D eigenvalue weighted by Gasteiger charge is 2.31. The maximum atomic E-state index is 12.2. The molecule has 1 saturated carbocycles. The average Bonchev–Trinajstić information content (AvgIpc) is 2.52. The SMILES string of the molecule is O=C(C1CCC1)N1CCC(NCC(O)c2ccc(O)cc2)CC1. The molecule has 1 atom stereocenters. The molecule has 1 aromatic carbocycles. The second-order valence-electron chi connectivity index (χ2n) is 6.74. The van der Waals surface area contributed by atoms with Crippen molar-refractivity contribution in [3.05, 3.63) is 29.8 Å². The van der Waals surface area contributed by atoms with Crippen LogP contribution in [0.5, 0.6) is 5.75 Å². The lowest BCUT2D eigenvalue weighted by Crippen LogP contribution is -2.48. The number of hydrogen-bond donors (Lipinski definition) is 3. The molecule has 1 aromatic rings. The van der Waals surface area contributed by atoms with Crippen LogP contribution < -0.4 is 5.32 Å². The first kappa shape index (κ1) is 16.3. The molecular weight excluding hydrogens is 292 g/mol. The summed E-state index contributed by atoms with van der Waals surface area (Å²) in [5, 5.41) is 22.9. The lowest BCUT2D eigenvalue weighted by Gasteiger charge is -2.37. The molecule has 1 heterocycles. The second-order valence-corrected chi connectivity index (χ2v) is 6.74. The summed E-state index contributed by atoms with van der Waals surface area (Å²) < 4.78 is 0. The van der Waals surface area contributed by atoms with Gasteiger partial charge in [0, 0.05) is 31.6 Å². The van der Waals surface area contributed by atoms with Crippen LogP contribution in [0.2, 0.25) is 0 Å². The van der Waals surface area contributed by atoms with E-state index >= 15 is 0 Å². The smallest absolute Gasteiger partial charge is 0.225 e. The van der Waals surface area contributed by atoms with E-state index in [1.807, 2.05) is 4.90 Å². The van der Waals surface area contributed by atoms with Gasteiger partial charge < -0.3 is 20.4 Å². The lowest BCUT2D eigenvalue weighted by molar-refractivity contribution is -0.139. The predicted molar refractivity (Wildman–Crippen MR) is 88.0 cm³/mol. The Bertz CT molecular complexity index is 520. The fourth-order valence-corrected chi connectivity index (χ4v) is 3.31. The number of aliphatic hydroxyl groups excluding tert-OH is 1. The number of hydrogen-bond acceptors (Lipinski definition) is 4. The van der Waals surface area contributed by atoms with E-state index in [1.54, 1.807) is 24.3 Å². The average molecular weight is 318 g/mol. The lowest BCUT2D eigenvalue weighted by atomic mass is 9.84. The number of aromatic hydroxyl groups is 1. The molecule has 1 aliphatic heterocycles. The van der Waals surface area contributed by atoms with Gasteiger partial charge in [-0.05, 0) is 43.4 Å². The first-order valence-electron chi connectivity index (χ1n) is 8.62. The van der Waals surface area contributed by atoms with Crippen molar-refractivity contribution < 1.29 is 15.0 Å². The Morgan fingerprint density at radius 1 is 1.17 bits per heavy atom. The zero-order valence-corrected chi connectivity index (χ0v) is 13.4. The van der Waals surface area contributed by atoms with Crippen LogP contribution >= 0.6 is 0 Å². The minimum atomic E-state index is -0.578. The largest absolute Gasteiger partial charge is 0.508 e. The number of carbonyl (C=O) groups is 1. The third kappa shape index (κ3) is 4.03. The number of nitrogens with zero attached hydrogens (tertiary/aromatic N) is 1. The van der Waals surface area contributed by atoms with Crippen LogP contribution in [0.4, 0.5) is 0 Å². The molecule has 2 aliphatic rings. The molecule has 1 aliphatic carbocycles. The fraction of sp³-hybridized carbons (Fsp3) is 0.611. The summed E-state index contributed by atoms with van der Waals surface area (Å²) in [6.07, 6.45) is 4.64. The van der Waals surface area contributed by atoms with Crippen LogP contribution in [0.15, 0.2) is 24.3 Å². The zero-order valence-electron chi connectivity index (χ0n) is 13.4. The van der Waals surface area contributed by atoms with E-state index in [9.17, 15) is 15.0 Å². The van der Waals surface area contributed by atoms with Crippen LogP contribution in [-0.4, -0.2) is 46.7 Å². The Morgan fingerprint density at radius 2 is 1.83 bits per heavy atom. The van der Waals surface area contributed by atoms with Gasteiger partial charge in [-0.2, -0.15) is 0 Å². The van der Waals surface area contributed by atoms with Gasteiger partial charge in [-0.3, -0.25) is 4.79 Å². The quantitative estimate of drug-likeness (QED) is 0.774. The third-order valence-corrected chi connectivity index (χ3v) is 5.14. The maximum absolute atomic E-state index is 12.2. The van der Waals surface area contributed by atoms with Gasteiger partial charge in [0.1, 0.15) is 5.75 Å². The minimum Gasteiger partial charge on any atom is -0.508 e. The van der Waals surface area contributed by atoms with Crippen LogP contribution in [0.1, 0.15) is 43.8 Å². The molecular formula is C18H26N2O3. The highest BCUT2D eigenvalue weighted by Crippen LogP contribution is 2.29. The number of benzene rings is 1. The minimum absolute atomic E-state index is 0.206. The first-order valence-corrected chi connectivity index (χ1v) is 8.62. The zero-order chi connectivity index (χ0) is 16.2. The molecule has 1 amide bonds. The number of phenols is 1. The molecule has 2 fully saturated rings. The van der Waals surface area contributed by atoms with Crippen molar-refractivity contribution in [2.45, 2.75) is 44.2 Å². The summed E-state index contributed by atoms with van der Waals surface area (Å²) in [7, 11) is 0. The van der Waals surface area contributed by atoms with Crippen molar-refractivity contribution in [3.8, 4) is 5.75 Å². The van der Waals surface area contributed by atoms with E-state index in [0.29, 0.717) is 18.5 Å². The summed E-state index contributed by atoms with van der Waals surface area (Å²) in [6.45, 7) is 2.14. The van der Waals surface area contributed by atoms with Crippen LogP contribution in [0.25, 0.3) is 0 Å². The Balaban J connectivity index is 1.40. The van der Waals surface area contributed by atoms with Gasteiger partial charge in [0.05, 0.1) is 6.10 Å². The molecule has 0 bridgehead atoms. The van der Waals surface area contributed by atoms with Crippen LogP contribution in [0.3, 0.4) is 0 Å². The maximum Gasteiger partial charge on any atom is 0.225 e. The van der Waals surface area contributed by atoms with Crippen molar-refractivity contribution in [2.24, 2.45) is 5.92 Å². The van der Waals surface area contributed by atoms with E-state index in [2.05, 4.69) is 5.32 Å². The highest BCUT2D eigenvalue weighted by molar-refractivity contribution is 5.79. The van der Waals surface area contributed by atoms with Gasteiger partial charge in [0.25, 0.3) is 0 Å². The van der Waals surface area contributed by atoms with Crippen molar-refractivity contribution in [1.82, 2.24) is 10.2 Å². The summed E-state index contributed by atoms with van der Waals surface area (Å²) in [4.78, 5) is 14.2. The van der Waals surface area contributed by atoms with Gasteiger partial charge in [-0.25, -0.2) is 0 Å². The van der Waals surface area contributed by atoms with E-state index in [0.717, 1.165) is 44.3 Å². The molecule has 23 heavy (non-hydrogen) atoms. The molecule has 5 heteroatoms. The molecule has 1 saturated heterocycles. The fourth-order valence-electron chi connectivity index (χ4n) is 3.31. The van der Waals surface area contributed by atoms with E-state index < -0.39 is 6.10 Å². The van der Waals surface area contributed by atoms with Crippen molar-refractivity contribution >= 4 is 5.91 Å². The number of piperidine rings is 1. The molecule has 5 nitrogen and oxygen atoms in total. The molecule has 1 unspecified atom stereocenters. The molecule has 126 valence electrons. The summed E-state index contributed by atoms with van der Waals surface area (Å²) in [5.74, 6) is 0.840. The van der Waals surface area contributed by atoms with Gasteiger partial charge >= 0.3 is 0 Å². The number of carbonyl (C=O) groups excluding carboxylic acids is 1. The molecule has 0 radical (unpaired) electrons. The van der Waals surface area contributed by atoms with Gasteiger partial charge in [0.2, 0.25) is 5.91 Å². The Kier molecular flexibility index (Phi) is 5.18. The van der Waals surface area contributed by atoms with E-state index in [1.165, 1.54) is 6.42 Å². The highest BCUT2D eigenvalue weighted by atomic mass is 16.3. The summed E-state index contributed by atoms with van der Waals surface area (Å²) in [5.41, 5.74) is 0.799. The van der Waals surface area contributed by atoms with Crippen molar-refractivity contribution in [3.63, 3.8) is 0 Å². The Labute approximate surface area is 137 Å². The van der Waals surface area contributed by atoms with Gasteiger partial charge in [-0.1, -0.05) is 18.6 Å². The third-order valence-electron chi connectivity index (χ3n) is 5.14. The standard InChI is InChI=1S/C18H26N2O3/c21-16-6-4-13(5-7-16)17(22)12-19-15-8-10-20(11-9-15)18(23)14-2-1-3-14/h4-7,14-15,17,19,21-22H,1-3,8-12H2. The molecule has 3 rings (SSSR count). The molecule has 0 spiro atoms. The number of nitrogens with one attached hydrogen (secondary N) is 1.